The summed E-state index contributed by atoms with van der Waals surface area (Å²) in [5.74, 6) is 0.157. The number of benzene rings is 3. The van der Waals surface area contributed by atoms with Crippen LogP contribution in [0.25, 0.3) is 0 Å². The highest BCUT2D eigenvalue weighted by atomic mass is 35.5. The predicted molar refractivity (Wildman–Crippen MR) is 131 cm³/mol. The minimum Gasteiger partial charge on any atom is -0.497 e. The average Bonchev–Trinajstić information content (AvgIpc) is 2.82. The molecule has 0 aromatic heterocycles. The van der Waals surface area contributed by atoms with Gasteiger partial charge in [0.2, 0.25) is 5.91 Å². The van der Waals surface area contributed by atoms with Crippen LogP contribution in [0.4, 0.5) is 5.69 Å². The molecule has 0 unspecified atom stereocenters. The van der Waals surface area contributed by atoms with Gasteiger partial charge in [-0.1, -0.05) is 41.4 Å². The lowest BCUT2D eigenvalue weighted by molar-refractivity contribution is -0.119. The number of amides is 1. The fraction of sp³-hybridized carbons (Fsp3) is 0.240. The van der Waals surface area contributed by atoms with Crippen molar-refractivity contribution in [2.24, 2.45) is 0 Å². The molecule has 0 aliphatic heterocycles. The van der Waals surface area contributed by atoms with Gasteiger partial charge in [0.1, 0.15) is 12.3 Å². The van der Waals surface area contributed by atoms with Gasteiger partial charge in [-0.2, -0.15) is 0 Å². The fourth-order valence-corrected chi connectivity index (χ4v) is 4.81. The highest BCUT2D eigenvalue weighted by Gasteiger charge is 2.27. The highest BCUT2D eigenvalue weighted by molar-refractivity contribution is 7.92. The van der Waals surface area contributed by atoms with Crippen molar-refractivity contribution in [3.63, 3.8) is 0 Å². The Morgan fingerprint density at radius 2 is 1.61 bits per heavy atom. The van der Waals surface area contributed by atoms with Crippen LogP contribution in [0.2, 0.25) is 5.02 Å². The zero-order chi connectivity index (χ0) is 23.8. The van der Waals surface area contributed by atoms with Crippen LogP contribution < -0.4 is 14.4 Å². The van der Waals surface area contributed by atoms with E-state index < -0.39 is 10.0 Å². The van der Waals surface area contributed by atoms with Gasteiger partial charge in [0.25, 0.3) is 10.0 Å². The minimum atomic E-state index is -3.99. The van der Waals surface area contributed by atoms with Crippen LogP contribution in [-0.2, 0) is 21.2 Å². The highest BCUT2D eigenvalue weighted by Crippen LogP contribution is 2.26. The van der Waals surface area contributed by atoms with E-state index in [9.17, 15) is 13.2 Å². The zero-order valence-corrected chi connectivity index (χ0v) is 20.2. The number of hydrogen-bond donors (Lipinski definition) is 1. The van der Waals surface area contributed by atoms with Crippen molar-refractivity contribution in [1.82, 2.24) is 5.32 Å². The maximum atomic E-state index is 13.4. The third-order valence-corrected chi connectivity index (χ3v) is 7.17. The number of aryl methyl sites for hydroxylation is 2. The summed E-state index contributed by atoms with van der Waals surface area (Å²) < 4.78 is 32.9. The largest absolute Gasteiger partial charge is 0.497 e. The molecule has 33 heavy (non-hydrogen) atoms. The quantitative estimate of drug-likeness (QED) is 0.425. The number of hydrogen-bond acceptors (Lipinski definition) is 4. The monoisotopic (exact) mass is 486 g/mol. The van der Waals surface area contributed by atoms with E-state index in [-0.39, 0.29) is 17.3 Å². The number of methoxy groups -OCH3 is 1. The number of carbonyl (C=O) groups excluding carboxylic acids is 1. The van der Waals surface area contributed by atoms with Crippen molar-refractivity contribution in [3.8, 4) is 5.75 Å². The minimum absolute atomic E-state index is 0.0606. The first kappa shape index (κ1) is 24.6. The van der Waals surface area contributed by atoms with Crippen LogP contribution in [0, 0.1) is 6.92 Å². The normalized spacial score (nSPS) is 11.1. The van der Waals surface area contributed by atoms with Crippen molar-refractivity contribution in [1.29, 1.82) is 0 Å². The molecule has 0 saturated heterocycles. The van der Waals surface area contributed by atoms with E-state index in [1.165, 1.54) is 30.4 Å². The van der Waals surface area contributed by atoms with E-state index in [1.807, 2.05) is 6.92 Å². The van der Waals surface area contributed by atoms with Crippen molar-refractivity contribution in [2.45, 2.75) is 24.7 Å². The van der Waals surface area contributed by atoms with Crippen molar-refractivity contribution < 1.29 is 17.9 Å². The molecule has 3 aromatic carbocycles. The Morgan fingerprint density at radius 1 is 0.970 bits per heavy atom. The van der Waals surface area contributed by atoms with Crippen molar-refractivity contribution in [3.05, 3.63) is 88.9 Å². The summed E-state index contributed by atoms with van der Waals surface area (Å²) in [4.78, 5) is 12.7. The van der Waals surface area contributed by atoms with Crippen LogP contribution in [0.3, 0.4) is 0 Å². The molecular weight excluding hydrogens is 460 g/mol. The van der Waals surface area contributed by atoms with Crippen molar-refractivity contribution in [2.75, 3.05) is 24.5 Å². The summed E-state index contributed by atoms with van der Waals surface area (Å²) >= 11 is 5.97. The van der Waals surface area contributed by atoms with Gasteiger partial charge in [0.05, 0.1) is 17.7 Å². The number of anilines is 1. The van der Waals surface area contributed by atoms with Crippen LogP contribution in [0.15, 0.2) is 77.7 Å². The third-order valence-electron chi connectivity index (χ3n) is 5.13. The lowest BCUT2D eigenvalue weighted by Crippen LogP contribution is -2.41. The molecule has 0 aliphatic rings. The molecule has 0 heterocycles. The van der Waals surface area contributed by atoms with Gasteiger partial charge in [0.15, 0.2) is 0 Å². The second-order valence-corrected chi connectivity index (χ2v) is 9.90. The number of rotatable bonds is 10. The summed E-state index contributed by atoms with van der Waals surface area (Å²) in [6.07, 6.45) is 1.58. The number of carbonyl (C=O) groups is 1. The Hall–Kier alpha value is -3.03. The second kappa shape index (κ2) is 11.2. The van der Waals surface area contributed by atoms with Crippen LogP contribution in [0.1, 0.15) is 17.5 Å². The molecule has 8 heteroatoms. The summed E-state index contributed by atoms with van der Waals surface area (Å²) in [7, 11) is -2.48. The Morgan fingerprint density at radius 3 is 2.21 bits per heavy atom. The van der Waals surface area contributed by atoms with E-state index in [0.717, 1.165) is 17.1 Å². The third kappa shape index (κ3) is 6.73. The van der Waals surface area contributed by atoms with Gasteiger partial charge in [-0.25, -0.2) is 8.42 Å². The van der Waals surface area contributed by atoms with E-state index in [4.69, 9.17) is 16.3 Å². The molecular formula is C25H27ClN2O4S. The summed E-state index contributed by atoms with van der Waals surface area (Å²) in [5, 5.41) is 3.30. The smallest absolute Gasteiger partial charge is 0.264 e. The van der Waals surface area contributed by atoms with E-state index in [2.05, 4.69) is 29.6 Å². The van der Waals surface area contributed by atoms with Gasteiger partial charge in [-0.15, -0.1) is 0 Å². The van der Waals surface area contributed by atoms with Gasteiger partial charge >= 0.3 is 0 Å². The molecule has 0 saturated carbocycles. The molecule has 0 spiro atoms. The van der Waals surface area contributed by atoms with Crippen molar-refractivity contribution >= 4 is 33.2 Å². The summed E-state index contributed by atoms with van der Waals surface area (Å²) in [6, 6.07) is 20.6. The van der Waals surface area contributed by atoms with E-state index in [0.29, 0.717) is 23.0 Å². The molecule has 3 aromatic rings. The Kier molecular flexibility index (Phi) is 8.36. The number of nitrogens with one attached hydrogen (secondary N) is 1. The number of nitrogens with zero attached hydrogens (tertiary/aromatic N) is 1. The average molecular weight is 487 g/mol. The maximum absolute atomic E-state index is 13.4. The molecule has 1 N–H and O–H groups in total. The van der Waals surface area contributed by atoms with Crippen LogP contribution in [-0.4, -0.2) is 34.5 Å². The molecule has 0 aliphatic carbocycles. The van der Waals surface area contributed by atoms with E-state index >= 15 is 0 Å². The number of sulfonamides is 1. The summed E-state index contributed by atoms with van der Waals surface area (Å²) in [5.41, 5.74) is 2.75. The Bertz CT molecular complexity index is 1160. The Balaban J connectivity index is 1.70. The SMILES string of the molecule is COc1ccc(S(=O)(=O)N(CC(=O)NCCCc2ccc(C)cc2)c2ccc(Cl)cc2)cc1. The van der Waals surface area contributed by atoms with Crippen LogP contribution >= 0.6 is 11.6 Å². The molecule has 0 atom stereocenters. The number of ether oxygens (including phenoxy) is 1. The van der Waals surface area contributed by atoms with Gasteiger partial charge in [0, 0.05) is 11.6 Å². The molecule has 0 bridgehead atoms. The molecule has 174 valence electrons. The van der Waals surface area contributed by atoms with Gasteiger partial charge < -0.3 is 10.1 Å². The Labute approximate surface area is 200 Å². The van der Waals surface area contributed by atoms with E-state index in [1.54, 1.807) is 36.4 Å². The standard InChI is InChI=1S/C25H27ClN2O4S/c1-19-5-7-20(8-6-19)4-3-17-27-25(29)18-28(22-11-9-21(26)10-12-22)33(30,31)24-15-13-23(32-2)14-16-24/h5-16H,3-4,17-18H2,1-2H3,(H,27,29). The molecule has 3 rings (SSSR count). The first-order valence-corrected chi connectivity index (χ1v) is 12.4. The first-order valence-electron chi connectivity index (χ1n) is 10.5. The molecule has 0 fully saturated rings. The zero-order valence-electron chi connectivity index (χ0n) is 18.6. The number of halogens is 1. The van der Waals surface area contributed by atoms with Crippen LogP contribution in [0.5, 0.6) is 5.75 Å². The fourth-order valence-electron chi connectivity index (χ4n) is 3.26. The first-order chi connectivity index (χ1) is 15.8. The molecule has 1 amide bonds. The lowest BCUT2D eigenvalue weighted by atomic mass is 10.1. The topological polar surface area (TPSA) is 75.7 Å². The summed E-state index contributed by atoms with van der Waals surface area (Å²) in [6.45, 7) is 2.14. The second-order valence-electron chi connectivity index (χ2n) is 7.60. The predicted octanol–water partition coefficient (Wildman–Crippen LogP) is 4.60. The lowest BCUT2D eigenvalue weighted by Gasteiger charge is -2.24. The molecule has 0 radical (unpaired) electrons. The van der Waals surface area contributed by atoms with Gasteiger partial charge in [-0.05, 0) is 73.9 Å². The maximum Gasteiger partial charge on any atom is 0.264 e. The molecule has 6 nitrogen and oxygen atoms in total. The van der Waals surface area contributed by atoms with Gasteiger partial charge in [-0.3, -0.25) is 9.10 Å².